The first-order chi connectivity index (χ1) is 9.78. The minimum Gasteiger partial charge on any atom is -0.324 e. The van der Waals surface area contributed by atoms with Crippen LogP contribution in [0.4, 0.5) is 0 Å². The van der Waals surface area contributed by atoms with Crippen LogP contribution in [0.3, 0.4) is 0 Å². The molecule has 1 aromatic carbocycles. The van der Waals surface area contributed by atoms with Gasteiger partial charge in [-0.1, -0.05) is 49.2 Å². The molecule has 0 bridgehead atoms. The summed E-state index contributed by atoms with van der Waals surface area (Å²) in [6, 6.07) is 16.8. The summed E-state index contributed by atoms with van der Waals surface area (Å²) < 4.78 is 0. The summed E-state index contributed by atoms with van der Waals surface area (Å²) in [7, 11) is 0. The third-order valence-electron chi connectivity index (χ3n) is 4.52. The molecule has 1 aliphatic rings. The molecular weight excluding hydrogens is 244 g/mol. The van der Waals surface area contributed by atoms with Crippen molar-refractivity contribution in [2.24, 2.45) is 5.73 Å². The zero-order chi connectivity index (χ0) is 13.8. The zero-order valence-corrected chi connectivity index (χ0v) is 11.8. The van der Waals surface area contributed by atoms with Crippen molar-refractivity contribution < 1.29 is 0 Å². The lowest BCUT2D eigenvalue weighted by atomic mass is 9.68. The molecule has 2 nitrogen and oxygen atoms in total. The average molecular weight is 266 g/mol. The van der Waals surface area contributed by atoms with Gasteiger partial charge in [-0.25, -0.2) is 0 Å². The Hall–Kier alpha value is -1.67. The summed E-state index contributed by atoms with van der Waals surface area (Å²) in [5, 5.41) is 0. The van der Waals surface area contributed by atoms with E-state index >= 15 is 0 Å². The van der Waals surface area contributed by atoms with Gasteiger partial charge in [-0.3, -0.25) is 4.98 Å². The largest absolute Gasteiger partial charge is 0.324 e. The van der Waals surface area contributed by atoms with Crippen LogP contribution in [0.2, 0.25) is 0 Å². The van der Waals surface area contributed by atoms with E-state index in [2.05, 4.69) is 41.4 Å². The van der Waals surface area contributed by atoms with Crippen molar-refractivity contribution in [3.63, 3.8) is 0 Å². The number of nitrogens with two attached hydrogens (primary N) is 1. The van der Waals surface area contributed by atoms with Crippen LogP contribution in [0.5, 0.6) is 0 Å². The fraction of sp³-hybridized carbons (Fsp3) is 0.389. The molecule has 2 heteroatoms. The molecule has 104 valence electrons. The molecule has 0 saturated heterocycles. The van der Waals surface area contributed by atoms with Gasteiger partial charge in [0.15, 0.2) is 0 Å². The molecule has 0 radical (unpaired) electrons. The number of hydrogen-bond donors (Lipinski definition) is 1. The smallest absolute Gasteiger partial charge is 0.0422 e. The molecule has 1 aromatic heterocycles. The third-order valence-corrected chi connectivity index (χ3v) is 4.52. The first kappa shape index (κ1) is 13.3. The molecule has 1 saturated carbocycles. The highest BCUT2D eigenvalue weighted by Crippen LogP contribution is 2.40. The van der Waals surface area contributed by atoms with Gasteiger partial charge in [0, 0.05) is 29.8 Å². The predicted molar refractivity (Wildman–Crippen MR) is 82.5 cm³/mol. The second-order valence-electron chi connectivity index (χ2n) is 5.94. The summed E-state index contributed by atoms with van der Waals surface area (Å²) in [6.45, 7) is 0. The molecule has 2 aromatic rings. The summed E-state index contributed by atoms with van der Waals surface area (Å²) in [5.74, 6) is 0.444. The van der Waals surface area contributed by atoms with Gasteiger partial charge in [0.2, 0.25) is 0 Å². The van der Waals surface area contributed by atoms with E-state index in [4.69, 9.17) is 5.73 Å². The third kappa shape index (κ3) is 2.75. The Bertz CT molecular complexity index is 538. The van der Waals surface area contributed by atoms with E-state index in [-0.39, 0.29) is 5.54 Å². The van der Waals surface area contributed by atoms with Gasteiger partial charge in [0.1, 0.15) is 0 Å². The molecule has 1 aliphatic carbocycles. The molecule has 1 heterocycles. The number of rotatable bonds is 3. The van der Waals surface area contributed by atoms with Gasteiger partial charge in [0.05, 0.1) is 0 Å². The van der Waals surface area contributed by atoms with Crippen molar-refractivity contribution >= 4 is 0 Å². The van der Waals surface area contributed by atoms with Crippen molar-refractivity contribution in [1.29, 1.82) is 0 Å². The lowest BCUT2D eigenvalue weighted by Crippen LogP contribution is -2.49. The van der Waals surface area contributed by atoms with Gasteiger partial charge in [-0.15, -0.1) is 0 Å². The van der Waals surface area contributed by atoms with Crippen LogP contribution in [-0.4, -0.2) is 10.5 Å². The van der Waals surface area contributed by atoms with Gasteiger partial charge in [-0.05, 0) is 30.5 Å². The number of pyridine rings is 1. The minimum atomic E-state index is -0.159. The van der Waals surface area contributed by atoms with Gasteiger partial charge in [0.25, 0.3) is 0 Å². The van der Waals surface area contributed by atoms with Crippen molar-refractivity contribution in [3.8, 4) is 0 Å². The predicted octanol–water partition coefficient (Wildman–Crippen LogP) is 3.68. The Morgan fingerprint density at radius 2 is 1.85 bits per heavy atom. The average Bonchev–Trinajstić information content (AvgIpc) is 2.49. The van der Waals surface area contributed by atoms with Gasteiger partial charge in [-0.2, -0.15) is 0 Å². The van der Waals surface area contributed by atoms with Gasteiger partial charge < -0.3 is 5.73 Å². The number of hydrogen-bond acceptors (Lipinski definition) is 2. The van der Waals surface area contributed by atoms with E-state index < -0.39 is 0 Å². The van der Waals surface area contributed by atoms with Crippen LogP contribution in [0.25, 0.3) is 0 Å². The van der Waals surface area contributed by atoms with E-state index in [1.807, 2.05) is 18.3 Å². The Labute approximate surface area is 121 Å². The molecule has 0 aliphatic heterocycles. The van der Waals surface area contributed by atoms with E-state index in [9.17, 15) is 0 Å². The van der Waals surface area contributed by atoms with E-state index in [1.165, 1.54) is 24.8 Å². The fourth-order valence-electron chi connectivity index (χ4n) is 3.50. The highest BCUT2D eigenvalue weighted by atomic mass is 14.8. The van der Waals surface area contributed by atoms with Crippen LogP contribution in [0.1, 0.15) is 42.9 Å². The molecule has 1 fully saturated rings. The summed E-state index contributed by atoms with van der Waals surface area (Å²) in [4.78, 5) is 4.47. The van der Waals surface area contributed by atoms with Gasteiger partial charge >= 0.3 is 0 Å². The monoisotopic (exact) mass is 266 g/mol. The fourth-order valence-corrected chi connectivity index (χ4v) is 3.50. The molecular formula is C18H22N2. The summed E-state index contributed by atoms with van der Waals surface area (Å²) in [5.41, 5.74) is 9.16. The Morgan fingerprint density at radius 3 is 2.60 bits per heavy atom. The molecule has 2 unspecified atom stereocenters. The van der Waals surface area contributed by atoms with Crippen molar-refractivity contribution in [3.05, 3.63) is 66.0 Å². The lowest BCUT2D eigenvalue weighted by Gasteiger charge is -2.41. The molecule has 2 atom stereocenters. The van der Waals surface area contributed by atoms with Crippen LogP contribution in [-0.2, 0) is 6.42 Å². The second-order valence-corrected chi connectivity index (χ2v) is 5.94. The first-order valence-electron chi connectivity index (χ1n) is 7.52. The maximum atomic E-state index is 6.83. The van der Waals surface area contributed by atoms with Crippen molar-refractivity contribution in [2.75, 3.05) is 0 Å². The Balaban J connectivity index is 1.88. The van der Waals surface area contributed by atoms with Crippen molar-refractivity contribution in [2.45, 2.75) is 43.6 Å². The second kappa shape index (κ2) is 5.76. The van der Waals surface area contributed by atoms with Crippen LogP contribution < -0.4 is 5.73 Å². The van der Waals surface area contributed by atoms with Crippen LogP contribution in [0, 0.1) is 0 Å². The number of aromatic nitrogens is 1. The maximum absolute atomic E-state index is 6.83. The number of nitrogens with zero attached hydrogens (tertiary/aromatic N) is 1. The SMILES string of the molecule is NC1(Cc2ccccn2)CCCCC1c1ccccc1. The molecule has 0 amide bonds. The normalized spacial score (nSPS) is 26.4. The molecule has 2 N–H and O–H groups in total. The zero-order valence-electron chi connectivity index (χ0n) is 11.8. The summed E-state index contributed by atoms with van der Waals surface area (Å²) >= 11 is 0. The standard InChI is InChI=1S/C18H22N2/c19-18(14-16-10-5-7-13-20-16)12-6-4-11-17(18)15-8-2-1-3-9-15/h1-3,5,7-10,13,17H,4,6,11-12,14,19H2. The summed E-state index contributed by atoms with van der Waals surface area (Å²) in [6.07, 6.45) is 7.51. The van der Waals surface area contributed by atoms with E-state index in [0.29, 0.717) is 5.92 Å². The molecule has 3 rings (SSSR count). The van der Waals surface area contributed by atoms with E-state index in [0.717, 1.165) is 18.5 Å². The topological polar surface area (TPSA) is 38.9 Å². The van der Waals surface area contributed by atoms with Crippen LogP contribution >= 0.6 is 0 Å². The molecule has 0 spiro atoms. The Morgan fingerprint density at radius 1 is 1.05 bits per heavy atom. The quantitative estimate of drug-likeness (QED) is 0.920. The minimum absolute atomic E-state index is 0.159. The maximum Gasteiger partial charge on any atom is 0.0422 e. The van der Waals surface area contributed by atoms with E-state index in [1.54, 1.807) is 0 Å². The Kier molecular flexibility index (Phi) is 3.83. The number of benzene rings is 1. The highest BCUT2D eigenvalue weighted by molar-refractivity contribution is 5.26. The molecule has 20 heavy (non-hydrogen) atoms. The first-order valence-corrected chi connectivity index (χ1v) is 7.52. The lowest BCUT2D eigenvalue weighted by molar-refractivity contribution is 0.247. The van der Waals surface area contributed by atoms with Crippen molar-refractivity contribution in [1.82, 2.24) is 4.98 Å². The van der Waals surface area contributed by atoms with Crippen LogP contribution in [0.15, 0.2) is 54.7 Å². The highest BCUT2D eigenvalue weighted by Gasteiger charge is 2.38.